The molecule has 2 N–H and O–H groups in total. The summed E-state index contributed by atoms with van der Waals surface area (Å²) in [5.41, 5.74) is 3.01. The highest BCUT2D eigenvalue weighted by atomic mass is 19.4. The van der Waals surface area contributed by atoms with Crippen molar-refractivity contribution in [2.24, 2.45) is 0 Å². The zero-order valence-corrected chi connectivity index (χ0v) is 13.5. The van der Waals surface area contributed by atoms with Crippen LogP contribution in [0.15, 0.2) is 36.9 Å². The van der Waals surface area contributed by atoms with Crippen molar-refractivity contribution in [3.8, 4) is 17.2 Å². The molecule has 26 heavy (non-hydrogen) atoms. The lowest BCUT2D eigenvalue weighted by Gasteiger charge is -2.06. The van der Waals surface area contributed by atoms with E-state index in [1.807, 2.05) is 42.3 Å². The zero-order chi connectivity index (χ0) is 19.3. The van der Waals surface area contributed by atoms with Gasteiger partial charge in [-0.05, 0) is 24.6 Å². The van der Waals surface area contributed by atoms with Crippen molar-refractivity contribution in [2.75, 3.05) is 0 Å². The van der Waals surface area contributed by atoms with Crippen LogP contribution in [0.25, 0.3) is 22.2 Å². The third-order valence-electron chi connectivity index (χ3n) is 3.45. The Hall–Kier alpha value is -3.35. The van der Waals surface area contributed by atoms with Crippen LogP contribution in [0.1, 0.15) is 19.4 Å². The van der Waals surface area contributed by atoms with Crippen LogP contribution in [0.4, 0.5) is 13.2 Å². The van der Waals surface area contributed by atoms with E-state index in [2.05, 4.69) is 21.1 Å². The summed E-state index contributed by atoms with van der Waals surface area (Å²) in [7, 11) is 0. The first-order chi connectivity index (χ1) is 12.2. The van der Waals surface area contributed by atoms with Crippen molar-refractivity contribution in [1.82, 2.24) is 19.7 Å². The molecule has 0 fully saturated rings. The number of aromatic amines is 1. The van der Waals surface area contributed by atoms with Crippen LogP contribution in [0.5, 0.6) is 0 Å². The number of aliphatic carboxylic acids is 1. The van der Waals surface area contributed by atoms with Crippen LogP contribution < -0.4 is 0 Å². The Balaban J connectivity index is 0.000000298. The predicted octanol–water partition coefficient (Wildman–Crippen LogP) is 3.53. The van der Waals surface area contributed by atoms with Crippen LogP contribution >= 0.6 is 0 Å². The highest BCUT2D eigenvalue weighted by molar-refractivity contribution is 5.92. The van der Waals surface area contributed by atoms with Crippen molar-refractivity contribution in [3.63, 3.8) is 0 Å². The van der Waals surface area contributed by atoms with Gasteiger partial charge in [-0.25, -0.2) is 9.78 Å². The quantitative estimate of drug-likeness (QED) is 0.738. The molecule has 3 rings (SSSR count). The number of nitrogens with zero attached hydrogens (tertiary/aromatic N) is 4. The van der Waals surface area contributed by atoms with E-state index in [-0.39, 0.29) is 6.04 Å². The first-order valence-corrected chi connectivity index (χ1v) is 7.37. The van der Waals surface area contributed by atoms with Crippen molar-refractivity contribution >= 4 is 17.0 Å². The minimum Gasteiger partial charge on any atom is -0.475 e. The molecule has 136 valence electrons. The number of carboxylic acid groups (broad SMARTS) is 1. The number of nitriles is 1. The van der Waals surface area contributed by atoms with E-state index < -0.39 is 12.1 Å². The summed E-state index contributed by atoms with van der Waals surface area (Å²) >= 11 is 0. The summed E-state index contributed by atoms with van der Waals surface area (Å²) in [5.74, 6) is -2.76. The number of pyridine rings is 1. The minimum atomic E-state index is -5.08. The molecule has 3 heterocycles. The van der Waals surface area contributed by atoms with Gasteiger partial charge in [-0.1, -0.05) is 0 Å². The second-order valence-corrected chi connectivity index (χ2v) is 5.32. The Labute approximate surface area is 145 Å². The minimum absolute atomic E-state index is 0.0855. The highest BCUT2D eigenvalue weighted by Gasteiger charge is 2.38. The van der Waals surface area contributed by atoms with Crippen LogP contribution in [0, 0.1) is 11.3 Å². The number of aromatic nitrogens is 4. The second kappa shape index (κ2) is 7.69. The Kier molecular flexibility index (Phi) is 5.61. The monoisotopic (exact) mass is 365 g/mol. The van der Waals surface area contributed by atoms with E-state index >= 15 is 0 Å². The van der Waals surface area contributed by atoms with Crippen LogP contribution in [0.3, 0.4) is 0 Å². The molecule has 0 aromatic carbocycles. The number of carboxylic acids is 1. The average molecular weight is 365 g/mol. The summed E-state index contributed by atoms with van der Waals surface area (Å²) in [6.45, 7) is 1.98. The molecule has 0 aliphatic carbocycles. The summed E-state index contributed by atoms with van der Waals surface area (Å²) in [4.78, 5) is 16.3. The van der Waals surface area contributed by atoms with Gasteiger partial charge in [0.2, 0.25) is 0 Å². The highest BCUT2D eigenvalue weighted by Crippen LogP contribution is 2.27. The number of H-pyrrole nitrogens is 1. The molecular weight excluding hydrogens is 351 g/mol. The molecular formula is C16H14F3N5O2. The van der Waals surface area contributed by atoms with Crippen molar-refractivity contribution in [2.45, 2.75) is 25.6 Å². The number of hydrogen-bond acceptors (Lipinski definition) is 4. The molecule has 3 aromatic heterocycles. The molecule has 0 aliphatic heterocycles. The number of rotatable bonds is 3. The molecule has 0 bridgehead atoms. The van der Waals surface area contributed by atoms with Crippen LogP contribution in [0.2, 0.25) is 0 Å². The van der Waals surface area contributed by atoms with Gasteiger partial charge in [-0.15, -0.1) is 0 Å². The lowest BCUT2D eigenvalue weighted by atomic mass is 10.1. The number of carbonyl (C=O) groups is 1. The fourth-order valence-electron chi connectivity index (χ4n) is 2.16. The zero-order valence-electron chi connectivity index (χ0n) is 13.5. The molecule has 0 unspecified atom stereocenters. The fourth-order valence-corrected chi connectivity index (χ4v) is 2.16. The van der Waals surface area contributed by atoms with Crippen molar-refractivity contribution in [1.29, 1.82) is 5.26 Å². The number of nitrogens with one attached hydrogen (secondary N) is 1. The standard InChI is InChI=1S/C14H13N5.C2HF3O2/c1-10(2-5-15)19-9-11(8-18-19)12-3-6-16-14-13(12)4-7-17-14;3-2(4,5)1(6)7/h3-4,6-10H,2H2,1H3,(H,16,17);(H,6,7)/t10-;/m0./s1. The number of fused-ring (bicyclic) bond motifs is 1. The molecule has 0 saturated heterocycles. The van der Waals surface area contributed by atoms with E-state index in [1.54, 1.807) is 6.20 Å². The van der Waals surface area contributed by atoms with Gasteiger partial charge in [0.1, 0.15) is 5.65 Å². The molecule has 0 radical (unpaired) electrons. The molecule has 0 saturated carbocycles. The Morgan fingerprint density at radius 2 is 2.15 bits per heavy atom. The molecule has 7 nitrogen and oxygen atoms in total. The predicted molar refractivity (Wildman–Crippen MR) is 85.9 cm³/mol. The first kappa shape index (κ1) is 19.0. The maximum Gasteiger partial charge on any atom is 0.490 e. The average Bonchev–Trinajstić information content (AvgIpc) is 3.24. The van der Waals surface area contributed by atoms with Gasteiger partial charge < -0.3 is 10.1 Å². The van der Waals surface area contributed by atoms with Gasteiger partial charge in [0.25, 0.3) is 0 Å². The molecule has 0 amide bonds. The smallest absolute Gasteiger partial charge is 0.475 e. The maximum absolute atomic E-state index is 10.6. The summed E-state index contributed by atoms with van der Waals surface area (Å²) in [5, 5.41) is 21.3. The van der Waals surface area contributed by atoms with Gasteiger partial charge in [-0.3, -0.25) is 4.68 Å². The second-order valence-electron chi connectivity index (χ2n) is 5.32. The largest absolute Gasteiger partial charge is 0.490 e. The SMILES string of the molecule is C[C@@H](CC#N)n1cc(-c2ccnc3[nH]ccc23)cn1.O=C(O)C(F)(F)F. The van der Waals surface area contributed by atoms with Crippen molar-refractivity contribution in [3.05, 3.63) is 36.9 Å². The number of alkyl halides is 3. The topological polar surface area (TPSA) is 108 Å². The van der Waals surface area contributed by atoms with Gasteiger partial charge in [0, 0.05) is 29.5 Å². The molecule has 0 aliphatic rings. The molecule has 1 atom stereocenters. The van der Waals surface area contributed by atoms with Crippen molar-refractivity contribution < 1.29 is 23.1 Å². The molecule has 10 heteroatoms. The summed E-state index contributed by atoms with van der Waals surface area (Å²) in [6.07, 6.45) is 2.84. The van der Waals surface area contributed by atoms with E-state index in [1.165, 1.54) is 0 Å². The third kappa shape index (κ3) is 4.38. The Morgan fingerprint density at radius 1 is 1.46 bits per heavy atom. The van der Waals surface area contributed by atoms with E-state index in [0.29, 0.717) is 6.42 Å². The maximum atomic E-state index is 10.6. The Bertz CT molecular complexity index is 939. The van der Waals surface area contributed by atoms with Gasteiger partial charge in [0.05, 0.1) is 24.7 Å². The fraction of sp³-hybridized carbons (Fsp3) is 0.250. The van der Waals surface area contributed by atoms with E-state index in [4.69, 9.17) is 15.2 Å². The lowest BCUT2D eigenvalue weighted by Crippen LogP contribution is -2.21. The number of hydrogen-bond donors (Lipinski definition) is 2. The lowest BCUT2D eigenvalue weighted by molar-refractivity contribution is -0.192. The van der Waals surface area contributed by atoms with E-state index in [9.17, 15) is 13.2 Å². The summed E-state index contributed by atoms with van der Waals surface area (Å²) in [6, 6.07) is 6.24. The van der Waals surface area contributed by atoms with Gasteiger partial charge >= 0.3 is 12.1 Å². The molecule has 0 spiro atoms. The van der Waals surface area contributed by atoms with Gasteiger partial charge in [-0.2, -0.15) is 23.5 Å². The normalized spacial score (nSPS) is 12.1. The van der Waals surface area contributed by atoms with Gasteiger partial charge in [0.15, 0.2) is 0 Å². The Morgan fingerprint density at radius 3 is 2.77 bits per heavy atom. The van der Waals surface area contributed by atoms with Crippen LogP contribution in [-0.2, 0) is 4.79 Å². The molecule has 3 aromatic rings. The third-order valence-corrected chi connectivity index (χ3v) is 3.45. The summed E-state index contributed by atoms with van der Waals surface area (Å²) < 4.78 is 33.6. The van der Waals surface area contributed by atoms with Crippen LogP contribution in [-0.4, -0.2) is 37.0 Å². The number of halogens is 3. The first-order valence-electron chi connectivity index (χ1n) is 7.37. The van der Waals surface area contributed by atoms with E-state index in [0.717, 1.165) is 22.2 Å².